The van der Waals surface area contributed by atoms with Gasteiger partial charge in [0, 0.05) is 6.42 Å². The van der Waals surface area contributed by atoms with Gasteiger partial charge in [-0.15, -0.1) is 12.3 Å². The number of amides is 1. The van der Waals surface area contributed by atoms with Crippen LogP contribution in [-0.4, -0.2) is 30.3 Å². The fourth-order valence-corrected chi connectivity index (χ4v) is 1.00. The van der Waals surface area contributed by atoms with E-state index in [2.05, 4.69) is 11.2 Å². The number of alkyl carbamates (subject to hydrolysis) is 1. The number of rotatable bonds is 4. The summed E-state index contributed by atoms with van der Waals surface area (Å²) >= 11 is 0. The molecule has 0 aromatic carbocycles. The van der Waals surface area contributed by atoms with Crippen molar-refractivity contribution >= 4 is 12.1 Å². The number of terminal acetylenes is 1. The molecule has 0 aliphatic rings. The Balaban J connectivity index is 4.40. The lowest BCUT2D eigenvalue weighted by Gasteiger charge is -2.22. The normalized spacial score (nSPS) is 12.2. The quantitative estimate of drug-likeness (QED) is 0.598. The monoisotopic (exact) mass is 241 g/mol. The van der Waals surface area contributed by atoms with Crippen molar-refractivity contribution < 1.29 is 19.1 Å². The highest BCUT2D eigenvalue weighted by molar-refractivity contribution is 5.81. The molecule has 0 aromatic heterocycles. The molecule has 0 spiro atoms. The van der Waals surface area contributed by atoms with Crippen LogP contribution in [0.1, 0.15) is 34.1 Å². The Kier molecular flexibility index (Phi) is 6.11. The van der Waals surface area contributed by atoms with Crippen molar-refractivity contribution in [1.29, 1.82) is 0 Å². The van der Waals surface area contributed by atoms with Gasteiger partial charge >= 0.3 is 12.1 Å². The number of carbonyl (C=O) groups is 2. The van der Waals surface area contributed by atoms with Gasteiger partial charge in [-0.2, -0.15) is 0 Å². The molecule has 0 aliphatic carbocycles. The van der Waals surface area contributed by atoms with Gasteiger partial charge in [0.2, 0.25) is 0 Å². The molecule has 0 fully saturated rings. The Morgan fingerprint density at radius 3 is 2.41 bits per heavy atom. The standard InChI is InChI=1S/C12H19NO4/c1-6-8-9(10(14)16-7-2)13-11(15)17-12(3,4)5/h1,9H,7-8H2,2-5H3,(H,13,15)/t9-/m1/s1. The minimum atomic E-state index is -0.866. The van der Waals surface area contributed by atoms with Crippen LogP contribution in [-0.2, 0) is 14.3 Å². The molecular weight excluding hydrogens is 222 g/mol. The van der Waals surface area contributed by atoms with Gasteiger partial charge in [0.25, 0.3) is 0 Å². The predicted molar refractivity (Wildman–Crippen MR) is 63.2 cm³/mol. The van der Waals surface area contributed by atoms with Gasteiger partial charge in [-0.05, 0) is 27.7 Å². The van der Waals surface area contributed by atoms with Crippen molar-refractivity contribution in [3.05, 3.63) is 0 Å². The fraction of sp³-hybridized carbons (Fsp3) is 0.667. The number of hydrogen-bond donors (Lipinski definition) is 1. The van der Waals surface area contributed by atoms with Gasteiger partial charge in [0.15, 0.2) is 0 Å². The summed E-state index contributed by atoms with van der Waals surface area (Å²) in [4.78, 5) is 22.9. The molecule has 0 rings (SSSR count). The summed E-state index contributed by atoms with van der Waals surface area (Å²) < 4.78 is 9.80. The van der Waals surface area contributed by atoms with E-state index in [4.69, 9.17) is 15.9 Å². The maximum absolute atomic E-state index is 11.4. The largest absolute Gasteiger partial charge is 0.464 e. The highest BCUT2D eigenvalue weighted by atomic mass is 16.6. The molecule has 17 heavy (non-hydrogen) atoms. The van der Waals surface area contributed by atoms with Gasteiger partial charge < -0.3 is 14.8 Å². The summed E-state index contributed by atoms with van der Waals surface area (Å²) in [6, 6.07) is -0.866. The Morgan fingerprint density at radius 2 is 2.00 bits per heavy atom. The van der Waals surface area contributed by atoms with Crippen LogP contribution in [0.2, 0.25) is 0 Å². The summed E-state index contributed by atoms with van der Waals surface area (Å²) in [6.45, 7) is 7.10. The van der Waals surface area contributed by atoms with Crippen LogP contribution in [0.4, 0.5) is 4.79 Å². The number of esters is 1. The Bertz CT molecular complexity index is 311. The van der Waals surface area contributed by atoms with E-state index in [1.165, 1.54) is 0 Å². The Hall–Kier alpha value is -1.70. The summed E-state index contributed by atoms with van der Waals surface area (Å²) in [6.07, 6.45) is 4.49. The topological polar surface area (TPSA) is 64.6 Å². The first-order valence-corrected chi connectivity index (χ1v) is 5.39. The van der Waals surface area contributed by atoms with Gasteiger partial charge in [-0.3, -0.25) is 0 Å². The van der Waals surface area contributed by atoms with E-state index in [-0.39, 0.29) is 13.0 Å². The lowest BCUT2D eigenvalue weighted by Crippen LogP contribution is -2.44. The zero-order valence-electron chi connectivity index (χ0n) is 10.7. The Morgan fingerprint density at radius 1 is 1.41 bits per heavy atom. The van der Waals surface area contributed by atoms with Crippen molar-refractivity contribution in [2.45, 2.75) is 45.8 Å². The molecule has 1 amide bonds. The van der Waals surface area contributed by atoms with Gasteiger partial charge in [-0.25, -0.2) is 9.59 Å². The minimum Gasteiger partial charge on any atom is -0.464 e. The van der Waals surface area contributed by atoms with Crippen LogP contribution in [0.5, 0.6) is 0 Å². The van der Waals surface area contributed by atoms with E-state index < -0.39 is 23.7 Å². The predicted octanol–water partition coefficient (Wildman–Crippen LogP) is 1.47. The van der Waals surface area contributed by atoms with E-state index >= 15 is 0 Å². The van der Waals surface area contributed by atoms with Crippen molar-refractivity contribution in [1.82, 2.24) is 5.32 Å². The molecule has 0 bridgehead atoms. The average Bonchev–Trinajstić information content (AvgIpc) is 2.14. The zero-order chi connectivity index (χ0) is 13.5. The third kappa shape index (κ3) is 7.23. The molecule has 5 heteroatoms. The second-order valence-corrected chi connectivity index (χ2v) is 4.36. The van der Waals surface area contributed by atoms with E-state index in [9.17, 15) is 9.59 Å². The van der Waals surface area contributed by atoms with Crippen molar-refractivity contribution in [2.75, 3.05) is 6.61 Å². The van der Waals surface area contributed by atoms with Gasteiger partial charge in [0.1, 0.15) is 11.6 Å². The van der Waals surface area contributed by atoms with E-state index in [1.54, 1.807) is 27.7 Å². The van der Waals surface area contributed by atoms with Crippen molar-refractivity contribution in [3.8, 4) is 12.3 Å². The SMILES string of the molecule is C#CC[C@@H](NC(=O)OC(C)(C)C)C(=O)OCC. The number of hydrogen-bond acceptors (Lipinski definition) is 4. The summed E-state index contributed by atoms with van der Waals surface area (Å²) in [7, 11) is 0. The van der Waals surface area contributed by atoms with Crippen LogP contribution in [0.15, 0.2) is 0 Å². The maximum atomic E-state index is 11.4. The summed E-state index contributed by atoms with van der Waals surface area (Å²) in [5, 5.41) is 2.38. The molecule has 0 radical (unpaired) electrons. The van der Waals surface area contributed by atoms with Crippen molar-refractivity contribution in [3.63, 3.8) is 0 Å². The van der Waals surface area contributed by atoms with E-state index in [0.29, 0.717) is 0 Å². The lowest BCUT2D eigenvalue weighted by molar-refractivity contribution is -0.145. The smallest absolute Gasteiger partial charge is 0.408 e. The molecule has 1 N–H and O–H groups in total. The second-order valence-electron chi connectivity index (χ2n) is 4.36. The zero-order valence-corrected chi connectivity index (χ0v) is 10.7. The molecule has 0 unspecified atom stereocenters. The van der Waals surface area contributed by atoms with E-state index in [1.807, 2.05) is 0 Å². The minimum absolute atomic E-state index is 0.0675. The van der Waals surface area contributed by atoms with Gasteiger partial charge in [-0.1, -0.05) is 0 Å². The highest BCUT2D eigenvalue weighted by Crippen LogP contribution is 2.07. The molecule has 0 aromatic rings. The number of ether oxygens (including phenoxy) is 2. The Labute approximate surface area is 102 Å². The molecule has 0 saturated heterocycles. The molecule has 0 aliphatic heterocycles. The maximum Gasteiger partial charge on any atom is 0.408 e. The van der Waals surface area contributed by atoms with E-state index in [0.717, 1.165) is 0 Å². The van der Waals surface area contributed by atoms with Crippen LogP contribution in [0, 0.1) is 12.3 Å². The van der Waals surface area contributed by atoms with Crippen LogP contribution < -0.4 is 5.32 Å². The molecular formula is C12H19NO4. The third-order valence-electron chi connectivity index (χ3n) is 1.58. The first-order chi connectivity index (χ1) is 7.80. The average molecular weight is 241 g/mol. The van der Waals surface area contributed by atoms with Crippen LogP contribution in [0.25, 0.3) is 0 Å². The second kappa shape index (κ2) is 6.79. The molecule has 0 heterocycles. The molecule has 1 atom stereocenters. The number of carbonyl (C=O) groups excluding carboxylic acids is 2. The first kappa shape index (κ1) is 15.3. The third-order valence-corrected chi connectivity index (χ3v) is 1.58. The molecule has 5 nitrogen and oxygen atoms in total. The number of nitrogens with one attached hydrogen (secondary N) is 1. The summed E-state index contributed by atoms with van der Waals surface area (Å²) in [5.41, 5.74) is -0.626. The molecule has 0 saturated carbocycles. The first-order valence-electron chi connectivity index (χ1n) is 5.39. The summed E-state index contributed by atoms with van der Waals surface area (Å²) in [5.74, 6) is 1.75. The van der Waals surface area contributed by atoms with Crippen molar-refractivity contribution in [2.24, 2.45) is 0 Å². The van der Waals surface area contributed by atoms with Gasteiger partial charge in [0.05, 0.1) is 6.61 Å². The lowest BCUT2D eigenvalue weighted by atomic mass is 10.2. The molecule has 96 valence electrons. The van der Waals surface area contributed by atoms with Crippen LogP contribution >= 0.6 is 0 Å². The van der Waals surface area contributed by atoms with Crippen LogP contribution in [0.3, 0.4) is 0 Å². The highest BCUT2D eigenvalue weighted by Gasteiger charge is 2.24. The fourth-order valence-electron chi connectivity index (χ4n) is 1.00.